The maximum absolute atomic E-state index is 2.34. The Kier molecular flexibility index (Phi) is 30.7. The Morgan fingerprint density at radius 1 is 0.333 bits per heavy atom. The van der Waals surface area contributed by atoms with Gasteiger partial charge in [0.2, 0.25) is 0 Å². The van der Waals surface area contributed by atoms with E-state index in [2.05, 4.69) is 32.5 Å². The predicted octanol–water partition coefficient (Wildman–Crippen LogP) is 12.5. The van der Waals surface area contributed by atoms with E-state index in [9.17, 15) is 0 Å². The zero-order valence-corrected chi connectivity index (χ0v) is 24.6. The molecule has 0 heterocycles. The molecule has 0 aliphatic heterocycles. The van der Waals surface area contributed by atoms with E-state index < -0.39 is 0 Å². The van der Waals surface area contributed by atoms with Crippen LogP contribution in [0.1, 0.15) is 188 Å². The van der Waals surface area contributed by atoms with Crippen LogP contribution in [0.15, 0.2) is 0 Å². The van der Waals surface area contributed by atoms with Gasteiger partial charge < -0.3 is 0 Å². The molecule has 0 aromatic carbocycles. The summed E-state index contributed by atoms with van der Waals surface area (Å²) in [7, 11) is 0. The second kappa shape index (κ2) is 30.4. The highest BCUT2D eigenvalue weighted by Crippen LogP contribution is 2.23. The monoisotopic (exact) mass is 482 g/mol. The molecule has 0 unspecified atom stereocenters. The summed E-state index contributed by atoms with van der Waals surface area (Å²) in [5, 5.41) is 0. The summed E-state index contributed by atoms with van der Waals surface area (Å²) in [4.78, 5) is 0. The predicted molar refractivity (Wildman–Crippen MR) is 158 cm³/mol. The largest absolute Gasteiger partial charge is 0.162 e. The third-order valence-corrected chi connectivity index (χ3v) is 8.63. The van der Waals surface area contributed by atoms with Gasteiger partial charge in [-0.1, -0.05) is 175 Å². The zero-order chi connectivity index (χ0) is 24.1. The molecule has 0 radical (unpaired) electrons. The van der Waals surface area contributed by atoms with Crippen LogP contribution in [0.4, 0.5) is 0 Å². The number of unbranched alkanes of at least 4 members (excludes halogenated alkanes) is 19. The molecule has 0 saturated carbocycles. The number of hydrogen-bond donors (Lipinski definition) is 0. The maximum atomic E-state index is 2.34. The second-order valence-corrected chi connectivity index (χ2v) is 12.1. The van der Waals surface area contributed by atoms with Gasteiger partial charge in [0.25, 0.3) is 0 Å². The third-order valence-electron chi connectivity index (χ3n) is 7.48. The van der Waals surface area contributed by atoms with Gasteiger partial charge in [-0.15, -0.1) is 0 Å². The first-order chi connectivity index (χ1) is 16.3. The van der Waals surface area contributed by atoms with Crippen LogP contribution in [-0.4, -0.2) is 11.5 Å². The summed E-state index contributed by atoms with van der Waals surface area (Å²) in [6, 6.07) is 0. The molecule has 0 spiro atoms. The average Bonchev–Trinajstić information content (AvgIpc) is 2.83. The molecular formula is C32H66S. The van der Waals surface area contributed by atoms with Crippen LogP contribution in [-0.2, 0) is 0 Å². The minimum absolute atomic E-state index is 1.04. The molecule has 0 fully saturated rings. The van der Waals surface area contributed by atoms with E-state index >= 15 is 0 Å². The maximum Gasteiger partial charge on any atom is -0.00675 e. The van der Waals surface area contributed by atoms with E-state index in [1.807, 2.05) is 0 Å². The molecule has 200 valence electrons. The second-order valence-electron chi connectivity index (χ2n) is 10.9. The molecule has 0 amide bonds. The van der Waals surface area contributed by atoms with E-state index in [0.717, 1.165) is 5.92 Å². The van der Waals surface area contributed by atoms with Crippen LogP contribution in [0.2, 0.25) is 0 Å². The van der Waals surface area contributed by atoms with Gasteiger partial charge in [-0.25, -0.2) is 0 Å². The topological polar surface area (TPSA) is 0 Å². The van der Waals surface area contributed by atoms with Crippen molar-refractivity contribution in [2.45, 2.75) is 188 Å². The van der Waals surface area contributed by atoms with Crippen molar-refractivity contribution in [2.24, 2.45) is 5.92 Å². The van der Waals surface area contributed by atoms with Gasteiger partial charge in [-0.2, -0.15) is 11.8 Å². The van der Waals surface area contributed by atoms with Gasteiger partial charge >= 0.3 is 0 Å². The Bertz CT molecular complexity index is 318. The SMILES string of the molecule is CCCCCCCCCCCCSCCCCCCCCCCCC(CCCC)CCCC. The summed E-state index contributed by atoms with van der Waals surface area (Å²) >= 11 is 2.22. The van der Waals surface area contributed by atoms with E-state index in [4.69, 9.17) is 0 Å². The number of hydrogen-bond acceptors (Lipinski definition) is 1. The van der Waals surface area contributed by atoms with Gasteiger partial charge in [0, 0.05) is 0 Å². The Morgan fingerprint density at radius 2 is 0.636 bits per heavy atom. The lowest BCUT2D eigenvalue weighted by atomic mass is 9.90. The van der Waals surface area contributed by atoms with Crippen molar-refractivity contribution >= 4 is 11.8 Å². The molecule has 0 rings (SSSR count). The fourth-order valence-electron chi connectivity index (χ4n) is 5.09. The molecule has 0 aliphatic rings. The highest BCUT2D eigenvalue weighted by Gasteiger charge is 2.07. The van der Waals surface area contributed by atoms with Crippen LogP contribution in [0.25, 0.3) is 0 Å². The first-order valence-corrected chi connectivity index (χ1v) is 17.1. The standard InChI is InChI=1S/C32H66S/c1-4-7-10-11-12-13-16-19-22-25-30-33-31-26-23-20-17-14-15-18-21-24-29-32(27-8-5-2)28-9-6-3/h32H,4-31H2,1-3H3. The lowest BCUT2D eigenvalue weighted by Gasteiger charge is -2.16. The smallest absolute Gasteiger partial charge is 0.00675 e. The number of thioether (sulfide) groups is 1. The molecular weight excluding hydrogens is 416 g/mol. The van der Waals surface area contributed by atoms with Gasteiger partial charge in [-0.05, 0) is 30.3 Å². The molecule has 1 heteroatoms. The zero-order valence-electron chi connectivity index (χ0n) is 23.8. The minimum atomic E-state index is 1.04. The van der Waals surface area contributed by atoms with Crippen LogP contribution < -0.4 is 0 Å². The van der Waals surface area contributed by atoms with Gasteiger partial charge in [0.05, 0.1) is 0 Å². The highest BCUT2D eigenvalue weighted by atomic mass is 32.2. The summed E-state index contributed by atoms with van der Waals surface area (Å²) in [6.07, 6.45) is 38.1. The normalized spacial score (nSPS) is 11.6. The van der Waals surface area contributed by atoms with E-state index in [-0.39, 0.29) is 0 Å². The lowest BCUT2D eigenvalue weighted by molar-refractivity contribution is 0.376. The summed E-state index contributed by atoms with van der Waals surface area (Å²) in [6.45, 7) is 6.99. The van der Waals surface area contributed by atoms with Gasteiger partial charge in [0.15, 0.2) is 0 Å². The van der Waals surface area contributed by atoms with Crippen molar-refractivity contribution < 1.29 is 0 Å². The van der Waals surface area contributed by atoms with Crippen molar-refractivity contribution in [1.82, 2.24) is 0 Å². The fourth-order valence-corrected chi connectivity index (χ4v) is 6.11. The van der Waals surface area contributed by atoms with Gasteiger partial charge in [0.1, 0.15) is 0 Å². The molecule has 0 aliphatic carbocycles. The van der Waals surface area contributed by atoms with E-state index in [0.29, 0.717) is 0 Å². The molecule has 0 saturated heterocycles. The van der Waals surface area contributed by atoms with Crippen LogP contribution in [0, 0.1) is 5.92 Å². The van der Waals surface area contributed by atoms with Crippen molar-refractivity contribution in [3.63, 3.8) is 0 Å². The van der Waals surface area contributed by atoms with Crippen LogP contribution >= 0.6 is 11.8 Å². The Labute approximate surface area is 216 Å². The number of rotatable bonds is 29. The molecule has 0 aromatic heterocycles. The molecule has 33 heavy (non-hydrogen) atoms. The highest BCUT2D eigenvalue weighted by molar-refractivity contribution is 7.99. The van der Waals surface area contributed by atoms with Crippen molar-refractivity contribution in [3.8, 4) is 0 Å². The van der Waals surface area contributed by atoms with Crippen molar-refractivity contribution in [2.75, 3.05) is 11.5 Å². The van der Waals surface area contributed by atoms with Crippen LogP contribution in [0.3, 0.4) is 0 Å². The average molecular weight is 483 g/mol. The van der Waals surface area contributed by atoms with Crippen molar-refractivity contribution in [1.29, 1.82) is 0 Å². The lowest BCUT2D eigenvalue weighted by Crippen LogP contribution is -2.01. The van der Waals surface area contributed by atoms with E-state index in [1.165, 1.54) is 178 Å². The minimum Gasteiger partial charge on any atom is -0.162 e. The summed E-state index contributed by atoms with van der Waals surface area (Å²) in [5.41, 5.74) is 0. The molecule has 0 aromatic rings. The molecule has 0 atom stereocenters. The fraction of sp³-hybridized carbons (Fsp3) is 1.00. The first kappa shape index (κ1) is 33.4. The first-order valence-electron chi connectivity index (χ1n) is 15.9. The third kappa shape index (κ3) is 28.5. The van der Waals surface area contributed by atoms with Gasteiger partial charge in [-0.3, -0.25) is 0 Å². The van der Waals surface area contributed by atoms with Crippen molar-refractivity contribution in [3.05, 3.63) is 0 Å². The van der Waals surface area contributed by atoms with Crippen LogP contribution in [0.5, 0.6) is 0 Å². The molecule has 0 bridgehead atoms. The molecule has 0 N–H and O–H groups in total. The Morgan fingerprint density at radius 3 is 1.03 bits per heavy atom. The quantitative estimate of drug-likeness (QED) is 0.0955. The van der Waals surface area contributed by atoms with E-state index in [1.54, 1.807) is 0 Å². The summed E-state index contributed by atoms with van der Waals surface area (Å²) < 4.78 is 0. The summed E-state index contributed by atoms with van der Waals surface area (Å²) in [5.74, 6) is 3.86. The Hall–Kier alpha value is 0.350. The molecule has 0 nitrogen and oxygen atoms in total. The Balaban J connectivity index is 3.19.